The fraction of sp³-hybridized carbons (Fsp3) is 0.250. The smallest absolute Gasteiger partial charge is 0.412 e. The fourth-order valence-corrected chi connectivity index (χ4v) is 1.83. The van der Waals surface area contributed by atoms with Gasteiger partial charge in [0, 0.05) is 0 Å². The van der Waals surface area contributed by atoms with Gasteiger partial charge in [0.1, 0.15) is 16.4 Å². The number of halogens is 1. The van der Waals surface area contributed by atoms with Crippen molar-refractivity contribution < 1.29 is 14.3 Å². The Kier molecular flexibility index (Phi) is 5.35. The molecule has 0 bridgehead atoms. The fourth-order valence-electron chi connectivity index (χ4n) is 1.73. The second-order valence-corrected chi connectivity index (χ2v) is 6.24. The lowest BCUT2D eigenvalue weighted by Gasteiger charge is -2.20. The molecule has 24 heavy (non-hydrogen) atoms. The Morgan fingerprint density at radius 1 is 1.04 bits per heavy atom. The molecule has 2 N–H and O–H groups in total. The molecule has 1 aromatic carbocycles. The van der Waals surface area contributed by atoms with Gasteiger partial charge in [-0.2, -0.15) is 0 Å². The number of hydrogen-bond acceptors (Lipinski definition) is 5. The molecular formula is C16H17ClN4O3. The Hall–Kier alpha value is -2.67. The number of anilines is 2. The number of ether oxygens (including phenoxy) is 1. The van der Waals surface area contributed by atoms with E-state index in [4.69, 9.17) is 16.3 Å². The maximum Gasteiger partial charge on any atom is 0.412 e. The van der Waals surface area contributed by atoms with E-state index in [0.29, 0.717) is 11.4 Å². The van der Waals surface area contributed by atoms with E-state index in [0.717, 1.165) is 0 Å². The molecule has 0 atom stereocenters. The lowest BCUT2D eigenvalue weighted by molar-refractivity contribution is 0.0635. The van der Waals surface area contributed by atoms with Crippen molar-refractivity contribution in [3.8, 4) is 0 Å². The monoisotopic (exact) mass is 348 g/mol. The zero-order chi connectivity index (χ0) is 17.7. The summed E-state index contributed by atoms with van der Waals surface area (Å²) in [6, 6.07) is 6.74. The van der Waals surface area contributed by atoms with Gasteiger partial charge in [0.2, 0.25) is 0 Å². The molecular weight excluding hydrogens is 332 g/mol. The molecule has 2 amide bonds. The summed E-state index contributed by atoms with van der Waals surface area (Å²) in [6.07, 6.45) is 1.93. The second kappa shape index (κ2) is 7.27. The molecule has 2 aromatic rings. The van der Waals surface area contributed by atoms with Crippen LogP contribution in [0.2, 0.25) is 5.15 Å². The van der Waals surface area contributed by atoms with Crippen molar-refractivity contribution >= 4 is 35.0 Å². The topological polar surface area (TPSA) is 93.2 Å². The van der Waals surface area contributed by atoms with Gasteiger partial charge in [-0.15, -0.1) is 0 Å². The number of carbonyl (C=O) groups excluding carboxylic acids is 2. The van der Waals surface area contributed by atoms with Crippen LogP contribution in [0, 0.1) is 0 Å². The molecule has 0 aliphatic heterocycles. The van der Waals surface area contributed by atoms with Crippen LogP contribution in [0.5, 0.6) is 0 Å². The van der Waals surface area contributed by atoms with Crippen molar-refractivity contribution in [3.63, 3.8) is 0 Å². The van der Waals surface area contributed by atoms with Gasteiger partial charge in [-0.1, -0.05) is 23.7 Å². The van der Waals surface area contributed by atoms with Crippen LogP contribution < -0.4 is 10.6 Å². The highest BCUT2D eigenvalue weighted by molar-refractivity contribution is 6.29. The van der Waals surface area contributed by atoms with E-state index in [1.54, 1.807) is 45.0 Å². The van der Waals surface area contributed by atoms with Gasteiger partial charge in [-0.3, -0.25) is 10.1 Å². The van der Waals surface area contributed by atoms with E-state index < -0.39 is 17.6 Å². The number of hydrogen-bond donors (Lipinski definition) is 2. The average molecular weight is 349 g/mol. The van der Waals surface area contributed by atoms with Crippen LogP contribution in [0.1, 0.15) is 31.3 Å². The quantitative estimate of drug-likeness (QED) is 0.881. The number of aromatic nitrogens is 2. The molecule has 7 nitrogen and oxygen atoms in total. The molecule has 0 saturated heterocycles. The largest absolute Gasteiger partial charge is 0.444 e. The first-order valence-electron chi connectivity index (χ1n) is 7.12. The highest BCUT2D eigenvalue weighted by Gasteiger charge is 2.18. The first-order valence-corrected chi connectivity index (χ1v) is 7.50. The number of benzene rings is 1. The first-order chi connectivity index (χ1) is 11.2. The summed E-state index contributed by atoms with van der Waals surface area (Å²) in [5.41, 5.74) is 0.292. The Balaban J connectivity index is 2.12. The number of amides is 2. The predicted molar refractivity (Wildman–Crippen MR) is 91.3 cm³/mol. The SMILES string of the molecule is CC(C)(C)OC(=O)Nc1ccccc1NC(=O)c1cnc(Cl)cn1. The molecule has 0 aliphatic rings. The van der Waals surface area contributed by atoms with Gasteiger partial charge in [-0.05, 0) is 32.9 Å². The van der Waals surface area contributed by atoms with Crippen LogP contribution in [0.4, 0.5) is 16.2 Å². The van der Waals surface area contributed by atoms with Crippen LogP contribution >= 0.6 is 11.6 Å². The standard InChI is InChI=1S/C16H17ClN4O3/c1-16(2,3)24-15(23)21-11-7-5-4-6-10(11)20-14(22)12-8-19-13(17)9-18-12/h4-9H,1-3H3,(H,20,22)(H,21,23). The predicted octanol–water partition coefficient (Wildman–Crippen LogP) is 3.73. The Labute approximate surface area is 144 Å². The Morgan fingerprint density at radius 3 is 2.21 bits per heavy atom. The van der Waals surface area contributed by atoms with Crippen molar-refractivity contribution in [1.82, 2.24) is 9.97 Å². The van der Waals surface area contributed by atoms with E-state index in [1.165, 1.54) is 12.4 Å². The summed E-state index contributed by atoms with van der Waals surface area (Å²) in [5, 5.41) is 5.45. The molecule has 8 heteroatoms. The molecule has 0 spiro atoms. The summed E-state index contributed by atoms with van der Waals surface area (Å²) in [7, 11) is 0. The minimum absolute atomic E-state index is 0.103. The van der Waals surface area contributed by atoms with Crippen LogP contribution in [0.25, 0.3) is 0 Å². The lowest BCUT2D eigenvalue weighted by atomic mass is 10.2. The second-order valence-electron chi connectivity index (χ2n) is 5.85. The number of carbonyl (C=O) groups is 2. The summed E-state index contributed by atoms with van der Waals surface area (Å²) < 4.78 is 5.20. The Morgan fingerprint density at radius 2 is 1.67 bits per heavy atom. The average Bonchev–Trinajstić information content (AvgIpc) is 2.48. The first kappa shape index (κ1) is 17.7. The number of rotatable bonds is 3. The maximum atomic E-state index is 12.2. The number of nitrogens with one attached hydrogen (secondary N) is 2. The van der Waals surface area contributed by atoms with Crippen molar-refractivity contribution in [3.05, 3.63) is 47.5 Å². The molecule has 0 aliphatic carbocycles. The van der Waals surface area contributed by atoms with Crippen LogP contribution in [0.3, 0.4) is 0 Å². The minimum Gasteiger partial charge on any atom is -0.444 e. The summed E-state index contributed by atoms with van der Waals surface area (Å²) >= 11 is 5.65. The van der Waals surface area contributed by atoms with E-state index in [-0.39, 0.29) is 10.8 Å². The van der Waals surface area contributed by atoms with Crippen LogP contribution in [-0.4, -0.2) is 27.6 Å². The Bertz CT molecular complexity index is 742. The summed E-state index contributed by atoms with van der Waals surface area (Å²) in [5.74, 6) is -0.474. The van der Waals surface area contributed by atoms with Gasteiger partial charge >= 0.3 is 6.09 Å². The van der Waals surface area contributed by atoms with E-state index >= 15 is 0 Å². The molecule has 1 heterocycles. The van der Waals surface area contributed by atoms with Gasteiger partial charge < -0.3 is 10.1 Å². The van der Waals surface area contributed by atoms with Gasteiger partial charge in [0.25, 0.3) is 5.91 Å². The molecule has 0 fully saturated rings. The van der Waals surface area contributed by atoms with Crippen LogP contribution in [-0.2, 0) is 4.74 Å². The van der Waals surface area contributed by atoms with Gasteiger partial charge in [0.15, 0.2) is 0 Å². The van der Waals surface area contributed by atoms with Gasteiger partial charge in [0.05, 0.1) is 23.8 Å². The third-order valence-electron chi connectivity index (χ3n) is 2.66. The minimum atomic E-state index is -0.624. The number of para-hydroxylation sites is 2. The van der Waals surface area contributed by atoms with E-state index in [9.17, 15) is 9.59 Å². The third kappa shape index (κ3) is 5.20. The zero-order valence-corrected chi connectivity index (χ0v) is 14.2. The molecule has 0 saturated carbocycles. The normalized spacial score (nSPS) is 10.8. The molecule has 126 valence electrons. The number of nitrogens with zero attached hydrogens (tertiary/aromatic N) is 2. The summed E-state index contributed by atoms with van der Waals surface area (Å²) in [4.78, 5) is 31.8. The third-order valence-corrected chi connectivity index (χ3v) is 2.86. The van der Waals surface area contributed by atoms with Gasteiger partial charge in [-0.25, -0.2) is 14.8 Å². The molecule has 0 radical (unpaired) electrons. The zero-order valence-electron chi connectivity index (χ0n) is 13.5. The summed E-state index contributed by atoms with van der Waals surface area (Å²) in [6.45, 7) is 5.29. The lowest BCUT2D eigenvalue weighted by Crippen LogP contribution is -2.27. The van der Waals surface area contributed by atoms with Crippen molar-refractivity contribution in [1.29, 1.82) is 0 Å². The van der Waals surface area contributed by atoms with E-state index in [2.05, 4.69) is 20.6 Å². The van der Waals surface area contributed by atoms with E-state index in [1.807, 2.05) is 0 Å². The van der Waals surface area contributed by atoms with Crippen molar-refractivity contribution in [2.75, 3.05) is 10.6 Å². The van der Waals surface area contributed by atoms with Crippen LogP contribution in [0.15, 0.2) is 36.7 Å². The maximum absolute atomic E-state index is 12.2. The highest BCUT2D eigenvalue weighted by Crippen LogP contribution is 2.22. The highest BCUT2D eigenvalue weighted by atomic mass is 35.5. The van der Waals surface area contributed by atoms with Crippen molar-refractivity contribution in [2.45, 2.75) is 26.4 Å². The van der Waals surface area contributed by atoms with Crippen molar-refractivity contribution in [2.24, 2.45) is 0 Å². The molecule has 0 unspecified atom stereocenters. The molecule has 1 aromatic heterocycles. The molecule has 2 rings (SSSR count).